The highest BCUT2D eigenvalue weighted by Crippen LogP contribution is 2.39. The predicted molar refractivity (Wildman–Crippen MR) is 71.4 cm³/mol. The molecule has 0 saturated heterocycles. The molecule has 0 spiro atoms. The van der Waals surface area contributed by atoms with Gasteiger partial charge in [-0.15, -0.1) is 6.58 Å². The molecule has 0 heterocycles. The zero-order chi connectivity index (χ0) is 11.2. The van der Waals surface area contributed by atoms with E-state index in [1.165, 1.54) is 57.8 Å². The Hall–Kier alpha value is -0.520. The van der Waals surface area contributed by atoms with Crippen molar-refractivity contribution in [3.8, 4) is 0 Å². The van der Waals surface area contributed by atoms with Crippen molar-refractivity contribution in [3.63, 3.8) is 0 Å². The first-order valence-corrected chi connectivity index (χ1v) is 7.16. The Labute approximate surface area is 101 Å². The maximum absolute atomic E-state index is 3.83. The Balaban J connectivity index is 1.72. The van der Waals surface area contributed by atoms with Crippen molar-refractivity contribution in [2.75, 3.05) is 0 Å². The van der Waals surface area contributed by atoms with E-state index in [2.05, 4.69) is 24.8 Å². The second-order valence-electron chi connectivity index (χ2n) is 5.69. The third-order valence-corrected chi connectivity index (χ3v) is 4.65. The Bertz CT molecular complexity index is 230. The topological polar surface area (TPSA) is 0 Å². The summed E-state index contributed by atoms with van der Waals surface area (Å²) >= 11 is 0. The van der Waals surface area contributed by atoms with Gasteiger partial charge in [-0.1, -0.05) is 31.1 Å². The van der Waals surface area contributed by atoms with E-state index in [-0.39, 0.29) is 0 Å². The minimum absolute atomic E-state index is 1.01. The van der Waals surface area contributed by atoms with Gasteiger partial charge >= 0.3 is 0 Å². The van der Waals surface area contributed by atoms with Crippen LogP contribution in [0.25, 0.3) is 0 Å². The van der Waals surface area contributed by atoms with Crippen LogP contribution in [0.5, 0.6) is 0 Å². The van der Waals surface area contributed by atoms with Crippen molar-refractivity contribution in [2.45, 2.75) is 57.8 Å². The van der Waals surface area contributed by atoms with Gasteiger partial charge in [0, 0.05) is 0 Å². The van der Waals surface area contributed by atoms with Gasteiger partial charge in [0.25, 0.3) is 0 Å². The molecular formula is C16H26. The van der Waals surface area contributed by atoms with Gasteiger partial charge in [-0.25, -0.2) is 0 Å². The quantitative estimate of drug-likeness (QED) is 0.575. The molecule has 2 aliphatic rings. The van der Waals surface area contributed by atoms with Gasteiger partial charge in [-0.05, 0) is 62.7 Å². The molecule has 1 unspecified atom stereocenters. The van der Waals surface area contributed by atoms with Crippen molar-refractivity contribution < 1.29 is 0 Å². The van der Waals surface area contributed by atoms with Gasteiger partial charge in [-0.3, -0.25) is 0 Å². The largest absolute Gasteiger partial charge is 0.103 e. The number of allylic oxidation sites excluding steroid dienone is 3. The molecule has 90 valence electrons. The fourth-order valence-corrected chi connectivity index (χ4v) is 3.55. The average Bonchev–Trinajstić information content (AvgIpc) is 2.38. The molecule has 1 fully saturated rings. The lowest BCUT2D eigenvalue weighted by atomic mass is 9.71. The molecule has 0 radical (unpaired) electrons. The molecular weight excluding hydrogens is 192 g/mol. The van der Waals surface area contributed by atoms with Crippen LogP contribution in [0.15, 0.2) is 24.8 Å². The lowest BCUT2D eigenvalue weighted by Crippen LogP contribution is -2.22. The highest BCUT2D eigenvalue weighted by Gasteiger charge is 2.26. The smallest absolute Gasteiger partial charge is 0.0319 e. The molecule has 1 saturated carbocycles. The van der Waals surface area contributed by atoms with E-state index in [0.29, 0.717) is 0 Å². The summed E-state index contributed by atoms with van der Waals surface area (Å²) in [4.78, 5) is 0. The molecule has 2 rings (SSSR count). The molecule has 2 aliphatic carbocycles. The van der Waals surface area contributed by atoms with Gasteiger partial charge in [0.05, 0.1) is 0 Å². The molecule has 0 aromatic carbocycles. The fourth-order valence-electron chi connectivity index (χ4n) is 3.55. The van der Waals surface area contributed by atoms with E-state index in [1.54, 1.807) is 0 Å². The molecule has 1 atom stereocenters. The monoisotopic (exact) mass is 218 g/mol. The van der Waals surface area contributed by atoms with Crippen molar-refractivity contribution in [3.05, 3.63) is 24.8 Å². The molecule has 16 heavy (non-hydrogen) atoms. The highest BCUT2D eigenvalue weighted by atomic mass is 14.3. The second kappa shape index (κ2) is 6.27. The zero-order valence-corrected chi connectivity index (χ0v) is 10.5. The van der Waals surface area contributed by atoms with E-state index in [0.717, 1.165) is 17.8 Å². The van der Waals surface area contributed by atoms with E-state index >= 15 is 0 Å². The SMILES string of the molecule is C=CCCC1CCC(C2CC=CCC2)CC1. The van der Waals surface area contributed by atoms with Crippen molar-refractivity contribution in [2.24, 2.45) is 17.8 Å². The summed E-state index contributed by atoms with van der Waals surface area (Å²) in [6.45, 7) is 3.83. The van der Waals surface area contributed by atoms with Crippen LogP contribution in [0.2, 0.25) is 0 Å². The molecule has 0 aliphatic heterocycles. The third kappa shape index (κ3) is 3.23. The van der Waals surface area contributed by atoms with Gasteiger partial charge in [-0.2, -0.15) is 0 Å². The van der Waals surface area contributed by atoms with Gasteiger partial charge in [0.2, 0.25) is 0 Å². The lowest BCUT2D eigenvalue weighted by Gasteiger charge is -2.34. The van der Waals surface area contributed by atoms with Crippen LogP contribution < -0.4 is 0 Å². The Morgan fingerprint density at radius 1 is 1.00 bits per heavy atom. The predicted octanol–water partition coefficient (Wildman–Crippen LogP) is 5.12. The number of rotatable bonds is 4. The maximum atomic E-state index is 3.83. The fraction of sp³-hybridized carbons (Fsp3) is 0.750. The third-order valence-electron chi connectivity index (χ3n) is 4.65. The second-order valence-corrected chi connectivity index (χ2v) is 5.69. The van der Waals surface area contributed by atoms with Crippen molar-refractivity contribution >= 4 is 0 Å². The first-order valence-electron chi connectivity index (χ1n) is 7.16. The van der Waals surface area contributed by atoms with Crippen LogP contribution in [0.4, 0.5) is 0 Å². The normalized spacial score (nSPS) is 34.9. The molecule has 0 nitrogen and oxygen atoms in total. The zero-order valence-electron chi connectivity index (χ0n) is 10.5. The first-order chi connectivity index (χ1) is 7.90. The van der Waals surface area contributed by atoms with Crippen LogP contribution in [-0.4, -0.2) is 0 Å². The molecule has 0 amide bonds. The molecule has 0 bridgehead atoms. The van der Waals surface area contributed by atoms with Crippen LogP contribution in [0, 0.1) is 17.8 Å². The summed E-state index contributed by atoms with van der Waals surface area (Å²) < 4.78 is 0. The van der Waals surface area contributed by atoms with Crippen molar-refractivity contribution in [1.82, 2.24) is 0 Å². The molecule has 0 heteroatoms. The van der Waals surface area contributed by atoms with Crippen LogP contribution in [0.1, 0.15) is 57.8 Å². The molecule has 0 aromatic heterocycles. The number of hydrogen-bond acceptors (Lipinski definition) is 0. The van der Waals surface area contributed by atoms with Gasteiger partial charge in [0.15, 0.2) is 0 Å². The summed E-state index contributed by atoms with van der Waals surface area (Å²) in [7, 11) is 0. The Kier molecular flexibility index (Phi) is 4.69. The molecule has 0 N–H and O–H groups in total. The van der Waals surface area contributed by atoms with E-state index in [4.69, 9.17) is 0 Å². The van der Waals surface area contributed by atoms with E-state index in [9.17, 15) is 0 Å². The standard InChI is InChI=1S/C16H26/c1-2-3-7-14-10-12-16(13-11-14)15-8-5-4-6-9-15/h2,4-5,14-16H,1,3,6-13H2. The van der Waals surface area contributed by atoms with E-state index < -0.39 is 0 Å². The first kappa shape index (κ1) is 12.0. The Morgan fingerprint density at radius 2 is 1.81 bits per heavy atom. The maximum Gasteiger partial charge on any atom is -0.0319 e. The average molecular weight is 218 g/mol. The van der Waals surface area contributed by atoms with Crippen LogP contribution >= 0.6 is 0 Å². The van der Waals surface area contributed by atoms with Crippen LogP contribution in [0.3, 0.4) is 0 Å². The van der Waals surface area contributed by atoms with Gasteiger partial charge in [0.1, 0.15) is 0 Å². The number of hydrogen-bond donors (Lipinski definition) is 0. The highest BCUT2D eigenvalue weighted by molar-refractivity contribution is 4.93. The summed E-state index contributed by atoms with van der Waals surface area (Å²) in [5.74, 6) is 3.07. The van der Waals surface area contributed by atoms with Crippen molar-refractivity contribution in [1.29, 1.82) is 0 Å². The van der Waals surface area contributed by atoms with E-state index in [1.807, 2.05) is 0 Å². The molecule has 0 aromatic rings. The van der Waals surface area contributed by atoms with Gasteiger partial charge < -0.3 is 0 Å². The van der Waals surface area contributed by atoms with Crippen LogP contribution in [-0.2, 0) is 0 Å². The minimum Gasteiger partial charge on any atom is -0.103 e. The summed E-state index contributed by atoms with van der Waals surface area (Å²) in [5.41, 5.74) is 0. The summed E-state index contributed by atoms with van der Waals surface area (Å²) in [5, 5.41) is 0. The summed E-state index contributed by atoms with van der Waals surface area (Å²) in [6.07, 6.45) is 19.6. The lowest BCUT2D eigenvalue weighted by molar-refractivity contribution is 0.189. The minimum atomic E-state index is 1.01. The Morgan fingerprint density at radius 3 is 2.44 bits per heavy atom. The summed E-state index contributed by atoms with van der Waals surface area (Å²) in [6, 6.07) is 0.